The molecule has 0 aromatic rings. The minimum Gasteiger partial charge on any atom is -0.358 e. The highest BCUT2D eigenvalue weighted by Gasteiger charge is 2.27. The molecule has 0 saturated carbocycles. The summed E-state index contributed by atoms with van der Waals surface area (Å²) in [5.41, 5.74) is 0. The number of nitrogens with zero attached hydrogens (tertiary/aromatic N) is 1. The van der Waals surface area contributed by atoms with Gasteiger partial charge in [0, 0.05) is 25.1 Å². The molecule has 0 bridgehead atoms. The maximum absolute atomic E-state index is 11.5. The number of unbranched alkanes of at least 4 members (excludes halogenated alkanes) is 2. The van der Waals surface area contributed by atoms with Gasteiger partial charge < -0.3 is 10.6 Å². The van der Waals surface area contributed by atoms with Gasteiger partial charge in [-0.1, -0.05) is 57.1 Å². The lowest BCUT2D eigenvalue weighted by Crippen LogP contribution is -2.27. The molecule has 0 saturated heterocycles. The highest BCUT2D eigenvalue weighted by atomic mass is 32.2. The number of nitriles is 1. The van der Waals surface area contributed by atoms with Crippen LogP contribution in [-0.4, -0.2) is 39.4 Å². The van der Waals surface area contributed by atoms with Crippen molar-refractivity contribution >= 4 is 51.6 Å². The van der Waals surface area contributed by atoms with Crippen molar-refractivity contribution in [2.24, 2.45) is 0 Å². The molecule has 2 amide bonds. The van der Waals surface area contributed by atoms with Gasteiger partial charge in [-0.3, -0.25) is 9.59 Å². The molecule has 0 rings (SSSR count). The number of nitrogens with one attached hydrogen (secondary N) is 2. The van der Waals surface area contributed by atoms with Gasteiger partial charge in [0.15, 0.2) is 0 Å². The number of thioether (sulfide) groups is 2. The smallest absolute Gasteiger partial charge is 0.220 e. The van der Waals surface area contributed by atoms with Crippen LogP contribution in [0, 0.1) is 36.0 Å². The number of terminal acetylenes is 2. The Bertz CT molecular complexity index is 577. The van der Waals surface area contributed by atoms with E-state index in [0.717, 1.165) is 6.42 Å². The Labute approximate surface area is 190 Å². The molecule has 1 atom stereocenters. The molecule has 0 radical (unpaired) electrons. The Balaban J connectivity index is -0.000000716. The Hall–Kier alpha value is -1.66. The first-order valence-corrected chi connectivity index (χ1v) is 11.7. The zero-order chi connectivity index (χ0) is 23.0. The van der Waals surface area contributed by atoms with E-state index in [1.54, 1.807) is 6.92 Å². The lowest BCUT2D eigenvalue weighted by Gasteiger charge is -2.20. The van der Waals surface area contributed by atoms with Crippen LogP contribution in [0.25, 0.3) is 0 Å². The second kappa shape index (κ2) is 24.4. The summed E-state index contributed by atoms with van der Waals surface area (Å²) in [6.45, 7) is 8.60. The molecular weight excluding hydrogens is 422 g/mol. The van der Waals surface area contributed by atoms with Crippen molar-refractivity contribution in [2.45, 2.75) is 64.5 Å². The first-order valence-electron chi connectivity index (χ1n) is 9.46. The molecule has 2 N–H and O–H groups in total. The first-order chi connectivity index (χ1) is 13.9. The van der Waals surface area contributed by atoms with Gasteiger partial charge in [0.25, 0.3) is 0 Å². The van der Waals surface area contributed by atoms with Gasteiger partial charge in [0.2, 0.25) is 12.3 Å². The fourth-order valence-corrected chi connectivity index (χ4v) is 4.31. The minimum absolute atomic E-state index is 0.177. The van der Waals surface area contributed by atoms with Crippen LogP contribution in [0.1, 0.15) is 59.8 Å². The van der Waals surface area contributed by atoms with Crippen molar-refractivity contribution in [1.29, 1.82) is 5.26 Å². The molecule has 0 aliphatic heterocycles. The van der Waals surface area contributed by atoms with E-state index in [2.05, 4.69) is 35.5 Å². The monoisotopic (exact) mass is 455 g/mol. The van der Waals surface area contributed by atoms with Gasteiger partial charge in [0.1, 0.15) is 8.28 Å². The van der Waals surface area contributed by atoms with Gasteiger partial charge in [-0.05, 0) is 19.8 Å². The Morgan fingerprint density at radius 1 is 1.31 bits per heavy atom. The summed E-state index contributed by atoms with van der Waals surface area (Å²) >= 11 is 7.87. The first kappa shape index (κ1) is 32.0. The van der Waals surface area contributed by atoms with E-state index in [4.69, 9.17) is 25.1 Å². The summed E-state index contributed by atoms with van der Waals surface area (Å²) in [5.74, 6) is 5.36. The topological polar surface area (TPSA) is 82.0 Å². The standard InChI is InChI=1S/C13H17N3O2S3.C6H10.C2H6/c1-3-6-16-11(18)4-5-13(2,9-14)21-12(19)20-8-7-15-10-17;1-3-5-6-4-2;1-2/h1,10H,4-8H2,2H3,(H,15,17)(H,16,18);1H,4-6H2,2H3;1-2H3. The second-order valence-corrected chi connectivity index (χ2v) is 9.21. The van der Waals surface area contributed by atoms with Crippen LogP contribution in [0.15, 0.2) is 0 Å². The van der Waals surface area contributed by atoms with Crippen LogP contribution < -0.4 is 10.6 Å². The molecule has 8 heteroatoms. The highest BCUT2D eigenvalue weighted by Crippen LogP contribution is 2.34. The van der Waals surface area contributed by atoms with Crippen LogP contribution >= 0.6 is 35.7 Å². The largest absolute Gasteiger partial charge is 0.358 e. The van der Waals surface area contributed by atoms with E-state index >= 15 is 0 Å². The number of carbonyl (C=O) groups excluding carboxylic acids is 2. The molecule has 0 aliphatic rings. The molecule has 0 aliphatic carbocycles. The van der Waals surface area contributed by atoms with Crippen LogP contribution in [-0.2, 0) is 9.59 Å². The third-order valence-electron chi connectivity index (χ3n) is 2.99. The summed E-state index contributed by atoms with van der Waals surface area (Å²) in [7, 11) is 0. The quantitative estimate of drug-likeness (QED) is 0.211. The molecule has 1 unspecified atom stereocenters. The van der Waals surface area contributed by atoms with Crippen molar-refractivity contribution in [3.63, 3.8) is 0 Å². The predicted octanol–water partition coefficient (Wildman–Crippen LogP) is 4.13. The molecule has 0 spiro atoms. The summed E-state index contributed by atoms with van der Waals surface area (Å²) in [6.07, 6.45) is 14.6. The van der Waals surface area contributed by atoms with Crippen molar-refractivity contribution in [2.75, 3.05) is 18.8 Å². The lowest BCUT2D eigenvalue weighted by molar-refractivity contribution is -0.121. The van der Waals surface area contributed by atoms with E-state index in [9.17, 15) is 14.9 Å². The maximum atomic E-state index is 11.5. The number of hydrogen-bond acceptors (Lipinski definition) is 6. The fraction of sp³-hybridized carbons (Fsp3) is 0.619. The minimum atomic E-state index is -0.754. The van der Waals surface area contributed by atoms with Crippen molar-refractivity contribution in [3.8, 4) is 30.8 Å². The van der Waals surface area contributed by atoms with Crippen LogP contribution in [0.3, 0.4) is 0 Å². The summed E-state index contributed by atoms with van der Waals surface area (Å²) in [5, 5.41) is 14.4. The Morgan fingerprint density at radius 2 is 1.97 bits per heavy atom. The zero-order valence-corrected chi connectivity index (χ0v) is 20.3. The number of thiocarbonyl (C=S) groups is 1. The lowest BCUT2D eigenvalue weighted by atomic mass is 10.1. The average molecular weight is 456 g/mol. The summed E-state index contributed by atoms with van der Waals surface area (Å²) in [6, 6.07) is 2.19. The number of hydrogen-bond donors (Lipinski definition) is 2. The van der Waals surface area contributed by atoms with E-state index in [0.29, 0.717) is 28.7 Å². The van der Waals surface area contributed by atoms with Gasteiger partial charge in [0.05, 0.1) is 12.6 Å². The molecule has 0 aromatic carbocycles. The molecule has 5 nitrogen and oxygen atoms in total. The van der Waals surface area contributed by atoms with E-state index in [-0.39, 0.29) is 18.9 Å². The highest BCUT2D eigenvalue weighted by molar-refractivity contribution is 8.47. The number of carbonyl (C=O) groups is 2. The van der Waals surface area contributed by atoms with E-state index in [1.807, 2.05) is 13.8 Å². The van der Waals surface area contributed by atoms with Crippen molar-refractivity contribution < 1.29 is 9.59 Å². The van der Waals surface area contributed by atoms with Crippen LogP contribution in [0.2, 0.25) is 0 Å². The molecule has 0 fully saturated rings. The molecular formula is C21H33N3O2S3. The molecule has 29 heavy (non-hydrogen) atoms. The number of amides is 2. The second-order valence-electron chi connectivity index (χ2n) is 5.40. The number of rotatable bonds is 11. The van der Waals surface area contributed by atoms with E-state index < -0.39 is 4.75 Å². The molecule has 162 valence electrons. The zero-order valence-electron chi connectivity index (χ0n) is 17.9. The normalized spacial score (nSPS) is 10.7. The van der Waals surface area contributed by atoms with Crippen molar-refractivity contribution in [3.05, 3.63) is 0 Å². The van der Waals surface area contributed by atoms with E-state index in [1.165, 1.54) is 36.4 Å². The van der Waals surface area contributed by atoms with Crippen LogP contribution in [0.5, 0.6) is 0 Å². The molecule has 0 heterocycles. The average Bonchev–Trinajstić information content (AvgIpc) is 2.74. The summed E-state index contributed by atoms with van der Waals surface area (Å²) < 4.78 is -0.133. The van der Waals surface area contributed by atoms with Gasteiger partial charge >= 0.3 is 0 Å². The fourth-order valence-electron chi connectivity index (χ4n) is 1.46. The summed E-state index contributed by atoms with van der Waals surface area (Å²) in [4.78, 5) is 21.6. The SMILES string of the molecule is C#CCCCC.C#CCNC(=O)CCC(C)(C#N)SC(=S)SCCNC=O.CC. The van der Waals surface area contributed by atoms with Gasteiger partial charge in [-0.2, -0.15) is 5.26 Å². The van der Waals surface area contributed by atoms with Crippen molar-refractivity contribution in [1.82, 2.24) is 10.6 Å². The maximum Gasteiger partial charge on any atom is 0.220 e. The Morgan fingerprint density at radius 3 is 2.41 bits per heavy atom. The predicted molar refractivity (Wildman–Crippen MR) is 132 cm³/mol. The Kier molecular flexibility index (Phi) is 26.9. The van der Waals surface area contributed by atoms with Gasteiger partial charge in [-0.15, -0.1) is 30.5 Å². The third-order valence-corrected chi connectivity index (χ3v) is 5.75. The third kappa shape index (κ3) is 24.3. The van der Waals surface area contributed by atoms with Gasteiger partial charge in [-0.25, -0.2) is 0 Å². The molecule has 0 aromatic heterocycles. The van der Waals surface area contributed by atoms with Crippen LogP contribution in [0.4, 0.5) is 0 Å².